The van der Waals surface area contributed by atoms with Gasteiger partial charge in [-0.1, -0.05) is 12.1 Å². The van der Waals surface area contributed by atoms with E-state index in [9.17, 15) is 9.59 Å². The summed E-state index contributed by atoms with van der Waals surface area (Å²) in [6, 6.07) is 8.76. The van der Waals surface area contributed by atoms with E-state index in [1.807, 2.05) is 6.07 Å². The van der Waals surface area contributed by atoms with E-state index in [0.717, 1.165) is 0 Å². The van der Waals surface area contributed by atoms with Gasteiger partial charge in [-0.05, 0) is 34.1 Å². The Morgan fingerprint density at radius 2 is 2.00 bits per heavy atom. The third kappa shape index (κ3) is 3.92. The Balaban J connectivity index is 1.78. The van der Waals surface area contributed by atoms with Crippen molar-refractivity contribution < 1.29 is 9.59 Å². The molecule has 0 aliphatic heterocycles. The number of hydrogen-bond donors (Lipinski definition) is 2. The molecule has 0 spiro atoms. The Bertz CT molecular complexity index is 598. The molecular formula is C13H13BrN4O2. The van der Waals surface area contributed by atoms with Gasteiger partial charge >= 0.3 is 0 Å². The monoisotopic (exact) mass is 336 g/mol. The van der Waals surface area contributed by atoms with Gasteiger partial charge in [-0.15, -0.1) is 0 Å². The Kier molecular flexibility index (Phi) is 4.89. The number of halogens is 1. The highest BCUT2D eigenvalue weighted by molar-refractivity contribution is 9.10. The molecule has 2 rings (SSSR count). The standard InChI is InChI=1S/C13H13BrN4O2/c14-11-5-2-1-4-10(11)13(20)17-16-12(19)6-9-18-8-3-7-15-18/h1-5,7-8H,6,9H2,(H,16,19)(H,17,20). The second-order valence-corrected chi connectivity index (χ2v) is 4.86. The van der Waals surface area contributed by atoms with Crippen molar-refractivity contribution in [3.05, 3.63) is 52.8 Å². The van der Waals surface area contributed by atoms with Crippen molar-refractivity contribution >= 4 is 27.7 Å². The van der Waals surface area contributed by atoms with Crippen LogP contribution in [0.15, 0.2) is 47.2 Å². The summed E-state index contributed by atoms with van der Waals surface area (Å²) in [7, 11) is 0. The van der Waals surface area contributed by atoms with Gasteiger partial charge in [0.1, 0.15) is 0 Å². The summed E-state index contributed by atoms with van der Waals surface area (Å²) in [6.45, 7) is 0.462. The molecule has 20 heavy (non-hydrogen) atoms. The zero-order valence-corrected chi connectivity index (χ0v) is 12.1. The smallest absolute Gasteiger partial charge is 0.270 e. The molecule has 0 bridgehead atoms. The maximum atomic E-state index is 11.8. The minimum Gasteiger partial charge on any atom is -0.273 e. The van der Waals surface area contributed by atoms with Gasteiger partial charge < -0.3 is 0 Å². The third-order valence-electron chi connectivity index (χ3n) is 2.56. The summed E-state index contributed by atoms with van der Waals surface area (Å²) in [5, 5.41) is 3.99. The van der Waals surface area contributed by atoms with E-state index in [1.165, 1.54) is 0 Å². The number of hydrogen-bond acceptors (Lipinski definition) is 3. The molecule has 2 amide bonds. The molecule has 0 aliphatic rings. The Hall–Kier alpha value is -2.15. The number of carbonyl (C=O) groups is 2. The zero-order valence-electron chi connectivity index (χ0n) is 10.5. The molecule has 0 saturated carbocycles. The van der Waals surface area contributed by atoms with Crippen LogP contribution in [0, 0.1) is 0 Å². The Morgan fingerprint density at radius 1 is 1.20 bits per heavy atom. The van der Waals surface area contributed by atoms with Gasteiger partial charge in [0.15, 0.2) is 0 Å². The molecule has 6 nitrogen and oxygen atoms in total. The van der Waals surface area contributed by atoms with Crippen LogP contribution >= 0.6 is 15.9 Å². The number of aromatic nitrogens is 2. The van der Waals surface area contributed by atoms with E-state index in [2.05, 4.69) is 31.9 Å². The van der Waals surface area contributed by atoms with Crippen LogP contribution in [0.5, 0.6) is 0 Å². The molecule has 0 aliphatic carbocycles. The molecule has 0 unspecified atom stereocenters. The maximum absolute atomic E-state index is 11.8. The number of carbonyl (C=O) groups excluding carboxylic acids is 2. The summed E-state index contributed by atoms with van der Waals surface area (Å²) >= 11 is 3.28. The topological polar surface area (TPSA) is 76.0 Å². The number of hydrazine groups is 1. The Labute approximate surface area is 124 Å². The molecule has 1 heterocycles. The van der Waals surface area contributed by atoms with Crippen molar-refractivity contribution in [3.8, 4) is 0 Å². The van der Waals surface area contributed by atoms with E-state index in [1.54, 1.807) is 41.3 Å². The highest BCUT2D eigenvalue weighted by Crippen LogP contribution is 2.15. The molecule has 104 valence electrons. The second-order valence-electron chi connectivity index (χ2n) is 4.00. The third-order valence-corrected chi connectivity index (χ3v) is 3.25. The fraction of sp³-hybridized carbons (Fsp3) is 0.154. The number of rotatable bonds is 4. The first-order valence-corrected chi connectivity index (χ1v) is 6.77. The van der Waals surface area contributed by atoms with E-state index in [0.29, 0.717) is 16.6 Å². The molecule has 0 radical (unpaired) electrons. The molecule has 0 saturated heterocycles. The van der Waals surface area contributed by atoms with Crippen molar-refractivity contribution in [1.82, 2.24) is 20.6 Å². The molecule has 0 atom stereocenters. The summed E-state index contributed by atoms with van der Waals surface area (Å²) in [6.07, 6.45) is 3.65. The van der Waals surface area contributed by atoms with Crippen molar-refractivity contribution in [2.24, 2.45) is 0 Å². The predicted octanol–water partition coefficient (Wildman–Crippen LogP) is 1.50. The van der Waals surface area contributed by atoms with Crippen LogP contribution in [-0.2, 0) is 11.3 Å². The van der Waals surface area contributed by atoms with Crippen LogP contribution in [-0.4, -0.2) is 21.6 Å². The number of amides is 2. The van der Waals surface area contributed by atoms with Gasteiger partial charge in [0, 0.05) is 29.8 Å². The lowest BCUT2D eigenvalue weighted by Gasteiger charge is -2.08. The molecule has 1 aromatic heterocycles. The lowest BCUT2D eigenvalue weighted by atomic mass is 10.2. The lowest BCUT2D eigenvalue weighted by Crippen LogP contribution is -2.42. The quantitative estimate of drug-likeness (QED) is 0.830. The SMILES string of the molecule is O=C(CCn1cccn1)NNC(=O)c1ccccc1Br. The normalized spacial score (nSPS) is 10.1. The number of aryl methyl sites for hydroxylation is 1. The lowest BCUT2D eigenvalue weighted by molar-refractivity contribution is -0.122. The van der Waals surface area contributed by atoms with Crippen LogP contribution in [0.2, 0.25) is 0 Å². The summed E-state index contributed by atoms with van der Waals surface area (Å²) in [4.78, 5) is 23.4. The Morgan fingerprint density at radius 3 is 2.70 bits per heavy atom. The van der Waals surface area contributed by atoms with Crippen molar-refractivity contribution in [2.45, 2.75) is 13.0 Å². The van der Waals surface area contributed by atoms with Crippen LogP contribution < -0.4 is 10.9 Å². The first kappa shape index (κ1) is 14.3. The van der Waals surface area contributed by atoms with E-state index < -0.39 is 0 Å². The van der Waals surface area contributed by atoms with Gasteiger partial charge in [-0.2, -0.15) is 5.10 Å². The molecule has 2 N–H and O–H groups in total. The van der Waals surface area contributed by atoms with Crippen LogP contribution in [0.3, 0.4) is 0 Å². The minimum atomic E-state index is -0.370. The summed E-state index contributed by atoms with van der Waals surface area (Å²) in [5.41, 5.74) is 5.20. The van der Waals surface area contributed by atoms with Crippen molar-refractivity contribution in [3.63, 3.8) is 0 Å². The molecule has 0 fully saturated rings. The fourth-order valence-corrected chi connectivity index (χ4v) is 2.02. The highest BCUT2D eigenvalue weighted by atomic mass is 79.9. The molecule has 7 heteroatoms. The average Bonchev–Trinajstić information content (AvgIpc) is 2.96. The van der Waals surface area contributed by atoms with Gasteiger partial charge in [0.2, 0.25) is 5.91 Å². The molecular weight excluding hydrogens is 324 g/mol. The average molecular weight is 337 g/mol. The van der Waals surface area contributed by atoms with Crippen molar-refractivity contribution in [1.29, 1.82) is 0 Å². The van der Waals surface area contributed by atoms with Crippen LogP contribution in [0.25, 0.3) is 0 Å². The van der Waals surface area contributed by atoms with E-state index >= 15 is 0 Å². The van der Waals surface area contributed by atoms with E-state index in [4.69, 9.17) is 0 Å². The minimum absolute atomic E-state index is 0.234. The summed E-state index contributed by atoms with van der Waals surface area (Å²) in [5.74, 6) is -0.647. The van der Waals surface area contributed by atoms with Crippen LogP contribution in [0.4, 0.5) is 0 Å². The molecule has 1 aromatic carbocycles. The summed E-state index contributed by atoms with van der Waals surface area (Å²) < 4.78 is 2.32. The fourth-order valence-electron chi connectivity index (χ4n) is 1.55. The number of benzene rings is 1. The van der Waals surface area contributed by atoms with Gasteiger partial charge in [-0.25, -0.2) is 0 Å². The van der Waals surface area contributed by atoms with E-state index in [-0.39, 0.29) is 18.2 Å². The first-order valence-electron chi connectivity index (χ1n) is 5.98. The zero-order chi connectivity index (χ0) is 14.4. The predicted molar refractivity (Wildman–Crippen MR) is 76.6 cm³/mol. The van der Waals surface area contributed by atoms with Crippen molar-refractivity contribution in [2.75, 3.05) is 0 Å². The number of nitrogens with one attached hydrogen (secondary N) is 2. The van der Waals surface area contributed by atoms with Gasteiger partial charge in [0.05, 0.1) is 5.56 Å². The maximum Gasteiger partial charge on any atom is 0.270 e. The first-order chi connectivity index (χ1) is 9.66. The largest absolute Gasteiger partial charge is 0.273 e. The molecule has 2 aromatic rings. The van der Waals surface area contributed by atoms with Gasteiger partial charge in [0.25, 0.3) is 5.91 Å². The second kappa shape index (κ2) is 6.85. The van der Waals surface area contributed by atoms with Crippen LogP contribution in [0.1, 0.15) is 16.8 Å². The highest BCUT2D eigenvalue weighted by Gasteiger charge is 2.10. The number of nitrogens with zero attached hydrogens (tertiary/aromatic N) is 2. The van der Waals surface area contributed by atoms with Gasteiger partial charge in [-0.3, -0.25) is 25.1 Å².